The number of carbonyl (C=O) groups is 1. The molecule has 3 rings (SSSR count). The number of imidazole rings is 1. The minimum atomic E-state index is -0.465. The Bertz CT molecular complexity index is 933. The lowest BCUT2D eigenvalue weighted by Crippen LogP contribution is -2.36. The van der Waals surface area contributed by atoms with Gasteiger partial charge in [-0.25, -0.2) is 14.4 Å². The highest BCUT2D eigenvalue weighted by Crippen LogP contribution is 2.13. The fraction of sp³-hybridized carbons (Fsp3) is 0.250. The first-order chi connectivity index (χ1) is 11.6. The summed E-state index contributed by atoms with van der Waals surface area (Å²) in [5, 5.41) is 0. The predicted octanol–water partition coefficient (Wildman–Crippen LogP) is 1.49. The van der Waals surface area contributed by atoms with Gasteiger partial charge in [-0.3, -0.25) is 9.59 Å². The Hall–Kier alpha value is -3.03. The summed E-state index contributed by atoms with van der Waals surface area (Å²) in [5.41, 5.74) is 0.825. The molecule has 2 aromatic heterocycles. The number of nitrogens with one attached hydrogen (secondary N) is 2. The molecule has 3 aromatic rings. The molecule has 24 heavy (non-hydrogen) atoms. The molecule has 8 heteroatoms. The molecular weight excluding hydrogens is 313 g/mol. The molecule has 0 spiro atoms. The maximum absolute atomic E-state index is 13.2. The van der Waals surface area contributed by atoms with Gasteiger partial charge in [-0.2, -0.15) is 0 Å². The molecule has 0 aliphatic heterocycles. The predicted molar refractivity (Wildman–Crippen MR) is 86.2 cm³/mol. The van der Waals surface area contributed by atoms with Crippen LogP contribution in [0.1, 0.15) is 23.1 Å². The highest BCUT2D eigenvalue weighted by molar-refractivity contribution is 5.93. The van der Waals surface area contributed by atoms with E-state index in [1.165, 1.54) is 24.7 Å². The molecule has 2 heterocycles. The number of hydrogen-bond acceptors (Lipinski definition) is 4. The second kappa shape index (κ2) is 6.61. The Labute approximate surface area is 136 Å². The summed E-state index contributed by atoms with van der Waals surface area (Å²) in [6, 6.07) is 4.33. The fourth-order valence-corrected chi connectivity index (χ4v) is 2.46. The van der Waals surface area contributed by atoms with Gasteiger partial charge in [0.05, 0.1) is 17.4 Å². The number of rotatable bonds is 5. The maximum atomic E-state index is 13.2. The Morgan fingerprint density at radius 1 is 1.38 bits per heavy atom. The summed E-state index contributed by atoms with van der Waals surface area (Å²) in [6.07, 6.45) is 2.96. The number of likely N-dealkylation sites (N-methyl/N-ethyl adjacent to an activating group) is 1. The van der Waals surface area contributed by atoms with Gasteiger partial charge in [0.2, 0.25) is 0 Å². The van der Waals surface area contributed by atoms with Crippen molar-refractivity contribution in [3.05, 3.63) is 58.3 Å². The van der Waals surface area contributed by atoms with Crippen molar-refractivity contribution in [2.45, 2.75) is 13.3 Å². The smallest absolute Gasteiger partial charge is 0.263 e. The first-order valence-corrected chi connectivity index (χ1v) is 7.54. The Morgan fingerprint density at radius 2 is 2.21 bits per heavy atom. The highest BCUT2D eigenvalue weighted by Gasteiger charge is 2.18. The average Bonchev–Trinajstić information content (AvgIpc) is 2.97. The Kier molecular flexibility index (Phi) is 4.37. The maximum Gasteiger partial charge on any atom is 0.263 e. The third-order valence-electron chi connectivity index (χ3n) is 3.73. The lowest BCUT2D eigenvalue weighted by Gasteiger charge is -2.19. The van der Waals surface area contributed by atoms with Crippen molar-refractivity contribution >= 4 is 16.9 Å². The second-order valence-corrected chi connectivity index (χ2v) is 5.27. The molecule has 0 atom stereocenters. The summed E-state index contributed by atoms with van der Waals surface area (Å²) in [7, 11) is 0. The van der Waals surface area contributed by atoms with E-state index < -0.39 is 5.56 Å². The minimum absolute atomic E-state index is 0.00558. The van der Waals surface area contributed by atoms with Crippen molar-refractivity contribution < 1.29 is 9.18 Å². The van der Waals surface area contributed by atoms with Gasteiger partial charge in [0.25, 0.3) is 11.5 Å². The number of nitrogens with zero attached hydrogens (tertiary/aromatic N) is 3. The number of aromatic amines is 2. The molecule has 1 aromatic carbocycles. The van der Waals surface area contributed by atoms with E-state index in [0.29, 0.717) is 36.4 Å². The standard InChI is InChI=1S/C16H16FN5O2/c1-2-22(16(24)11-8-18-9-19-15(11)23)6-5-14-20-12-4-3-10(17)7-13(12)21-14/h3-4,7-9H,2,5-6H2,1H3,(H,20,21)(H,18,19,23). The van der Waals surface area contributed by atoms with E-state index >= 15 is 0 Å². The summed E-state index contributed by atoms with van der Waals surface area (Å²) in [5.74, 6) is -0.0604. The molecule has 0 aliphatic rings. The molecule has 0 aliphatic carbocycles. The van der Waals surface area contributed by atoms with Crippen LogP contribution in [-0.2, 0) is 6.42 Å². The van der Waals surface area contributed by atoms with Gasteiger partial charge in [-0.15, -0.1) is 0 Å². The summed E-state index contributed by atoms with van der Waals surface area (Å²) >= 11 is 0. The van der Waals surface area contributed by atoms with Crippen LogP contribution in [0, 0.1) is 5.82 Å². The highest BCUT2D eigenvalue weighted by atomic mass is 19.1. The van der Waals surface area contributed by atoms with Crippen LogP contribution in [0.4, 0.5) is 4.39 Å². The number of halogens is 1. The Morgan fingerprint density at radius 3 is 2.96 bits per heavy atom. The van der Waals surface area contributed by atoms with E-state index in [1.54, 1.807) is 11.0 Å². The van der Waals surface area contributed by atoms with Crippen LogP contribution in [-0.4, -0.2) is 43.8 Å². The molecule has 0 saturated carbocycles. The molecule has 0 fully saturated rings. The van der Waals surface area contributed by atoms with Crippen molar-refractivity contribution in [1.29, 1.82) is 0 Å². The average molecular weight is 329 g/mol. The molecule has 124 valence electrons. The van der Waals surface area contributed by atoms with Crippen molar-refractivity contribution in [1.82, 2.24) is 24.8 Å². The van der Waals surface area contributed by atoms with Gasteiger partial charge < -0.3 is 14.9 Å². The van der Waals surface area contributed by atoms with Gasteiger partial charge in [-0.05, 0) is 25.1 Å². The van der Waals surface area contributed by atoms with Crippen molar-refractivity contribution in [2.75, 3.05) is 13.1 Å². The van der Waals surface area contributed by atoms with Gasteiger partial charge in [0, 0.05) is 25.7 Å². The molecular formula is C16H16FN5O2. The summed E-state index contributed by atoms with van der Waals surface area (Å²) < 4.78 is 13.2. The number of H-pyrrole nitrogens is 2. The van der Waals surface area contributed by atoms with Crippen molar-refractivity contribution in [3.63, 3.8) is 0 Å². The van der Waals surface area contributed by atoms with Gasteiger partial charge >= 0.3 is 0 Å². The minimum Gasteiger partial charge on any atom is -0.342 e. The van der Waals surface area contributed by atoms with Crippen LogP contribution in [0.2, 0.25) is 0 Å². The van der Waals surface area contributed by atoms with Gasteiger partial charge in [-0.1, -0.05) is 0 Å². The number of amides is 1. The zero-order valence-corrected chi connectivity index (χ0v) is 13.0. The number of fused-ring (bicyclic) bond motifs is 1. The molecule has 2 N–H and O–H groups in total. The largest absolute Gasteiger partial charge is 0.342 e. The molecule has 7 nitrogen and oxygen atoms in total. The molecule has 1 amide bonds. The van der Waals surface area contributed by atoms with E-state index in [1.807, 2.05) is 6.92 Å². The zero-order valence-electron chi connectivity index (χ0n) is 13.0. The molecule has 0 bridgehead atoms. The van der Waals surface area contributed by atoms with Crippen LogP contribution in [0.15, 0.2) is 35.5 Å². The number of hydrogen-bond donors (Lipinski definition) is 2. The van der Waals surface area contributed by atoms with Crippen LogP contribution in [0.25, 0.3) is 11.0 Å². The molecule has 0 saturated heterocycles. The first kappa shape index (κ1) is 15.9. The topological polar surface area (TPSA) is 94.7 Å². The van der Waals surface area contributed by atoms with E-state index in [4.69, 9.17) is 0 Å². The number of carbonyl (C=O) groups excluding carboxylic acids is 1. The Balaban J connectivity index is 1.74. The SMILES string of the molecule is CCN(CCc1nc2ccc(F)cc2[nH]1)C(=O)c1cnc[nH]c1=O. The fourth-order valence-electron chi connectivity index (χ4n) is 2.46. The van der Waals surface area contributed by atoms with E-state index in [0.717, 1.165) is 0 Å². The molecule has 0 radical (unpaired) electrons. The van der Waals surface area contributed by atoms with Crippen LogP contribution in [0.5, 0.6) is 0 Å². The first-order valence-electron chi connectivity index (χ1n) is 7.54. The lowest BCUT2D eigenvalue weighted by molar-refractivity contribution is 0.0763. The van der Waals surface area contributed by atoms with E-state index in [-0.39, 0.29) is 17.3 Å². The summed E-state index contributed by atoms with van der Waals surface area (Å²) in [4.78, 5) is 39.2. The monoisotopic (exact) mass is 329 g/mol. The van der Waals surface area contributed by atoms with Gasteiger partial charge in [0.15, 0.2) is 0 Å². The third kappa shape index (κ3) is 3.17. The number of benzene rings is 1. The second-order valence-electron chi connectivity index (χ2n) is 5.27. The quantitative estimate of drug-likeness (QED) is 0.741. The molecule has 0 unspecified atom stereocenters. The van der Waals surface area contributed by atoms with Crippen molar-refractivity contribution in [3.8, 4) is 0 Å². The van der Waals surface area contributed by atoms with Crippen LogP contribution >= 0.6 is 0 Å². The van der Waals surface area contributed by atoms with E-state index in [2.05, 4.69) is 19.9 Å². The van der Waals surface area contributed by atoms with Crippen molar-refractivity contribution in [2.24, 2.45) is 0 Å². The van der Waals surface area contributed by atoms with Crippen LogP contribution < -0.4 is 5.56 Å². The normalized spacial score (nSPS) is 10.9. The van der Waals surface area contributed by atoms with Gasteiger partial charge in [0.1, 0.15) is 17.2 Å². The summed E-state index contributed by atoms with van der Waals surface area (Å²) in [6.45, 7) is 2.66. The van der Waals surface area contributed by atoms with Crippen LogP contribution in [0.3, 0.4) is 0 Å². The van der Waals surface area contributed by atoms with E-state index in [9.17, 15) is 14.0 Å². The zero-order chi connectivity index (χ0) is 17.1. The third-order valence-corrected chi connectivity index (χ3v) is 3.73. The number of aromatic nitrogens is 4. The lowest BCUT2D eigenvalue weighted by atomic mass is 10.2.